The summed E-state index contributed by atoms with van der Waals surface area (Å²) in [7, 11) is 0. The number of nitrogens with one attached hydrogen (secondary N) is 1. The minimum absolute atomic E-state index is 0.382. The second-order valence-electron chi connectivity index (χ2n) is 5.52. The average Bonchev–Trinajstić information content (AvgIpc) is 2.68. The van der Waals surface area contributed by atoms with Crippen LogP contribution in [0.4, 0.5) is 16.2 Å². The molecule has 0 spiro atoms. The molecule has 1 aliphatic rings. The van der Waals surface area contributed by atoms with E-state index in [1.165, 1.54) is 12.2 Å². The predicted octanol–water partition coefficient (Wildman–Crippen LogP) is 2.46. The van der Waals surface area contributed by atoms with E-state index in [0.29, 0.717) is 11.4 Å². The third-order valence-corrected chi connectivity index (χ3v) is 2.58. The highest BCUT2D eigenvalue weighted by Crippen LogP contribution is 2.21. The lowest BCUT2D eigenvalue weighted by atomic mass is 10.2. The lowest BCUT2D eigenvalue weighted by Crippen LogP contribution is -2.29. The van der Waals surface area contributed by atoms with Crippen molar-refractivity contribution in [3.05, 3.63) is 36.4 Å². The van der Waals surface area contributed by atoms with Crippen LogP contribution in [0.15, 0.2) is 36.4 Å². The van der Waals surface area contributed by atoms with Gasteiger partial charge in [0.1, 0.15) is 5.60 Å². The van der Waals surface area contributed by atoms with Crippen molar-refractivity contribution in [2.75, 3.05) is 10.2 Å². The maximum Gasteiger partial charge on any atom is 0.412 e. The number of hydrogen-bond acceptors (Lipinski definition) is 4. The van der Waals surface area contributed by atoms with Crippen molar-refractivity contribution in [3.63, 3.8) is 0 Å². The Labute approximate surface area is 122 Å². The van der Waals surface area contributed by atoms with Gasteiger partial charge >= 0.3 is 6.09 Å². The van der Waals surface area contributed by atoms with Crippen LogP contribution in [0.1, 0.15) is 20.8 Å². The molecule has 3 amide bonds. The Morgan fingerprint density at radius 1 is 1.05 bits per heavy atom. The number of rotatable bonds is 2. The normalized spacial score (nSPS) is 14.5. The van der Waals surface area contributed by atoms with Gasteiger partial charge in [-0.2, -0.15) is 0 Å². The Balaban J connectivity index is 2.04. The van der Waals surface area contributed by atoms with Crippen LogP contribution < -0.4 is 10.2 Å². The summed E-state index contributed by atoms with van der Waals surface area (Å²) in [5, 5.41) is 2.57. The van der Waals surface area contributed by atoms with Gasteiger partial charge in [-0.05, 0) is 45.0 Å². The fraction of sp³-hybridized carbons (Fsp3) is 0.267. The molecule has 110 valence electrons. The average molecular weight is 288 g/mol. The van der Waals surface area contributed by atoms with Gasteiger partial charge in [-0.3, -0.25) is 14.9 Å². The first kappa shape index (κ1) is 14.8. The van der Waals surface area contributed by atoms with E-state index in [0.717, 1.165) is 4.90 Å². The molecule has 6 heteroatoms. The molecule has 0 bridgehead atoms. The van der Waals surface area contributed by atoms with Crippen molar-refractivity contribution in [1.82, 2.24) is 0 Å². The zero-order valence-electron chi connectivity index (χ0n) is 12.0. The highest BCUT2D eigenvalue weighted by Gasteiger charge is 2.25. The quantitative estimate of drug-likeness (QED) is 0.848. The summed E-state index contributed by atoms with van der Waals surface area (Å²) in [5.41, 5.74) is 0.383. The summed E-state index contributed by atoms with van der Waals surface area (Å²) < 4.78 is 5.13. The molecule has 1 aromatic carbocycles. The van der Waals surface area contributed by atoms with Gasteiger partial charge in [0.15, 0.2) is 0 Å². The number of anilines is 2. The molecule has 0 aromatic heterocycles. The van der Waals surface area contributed by atoms with E-state index in [1.54, 1.807) is 45.0 Å². The first-order valence-corrected chi connectivity index (χ1v) is 6.42. The number of imide groups is 1. The summed E-state index contributed by atoms with van der Waals surface area (Å²) in [6.45, 7) is 5.31. The van der Waals surface area contributed by atoms with Crippen molar-refractivity contribution < 1.29 is 19.1 Å². The summed E-state index contributed by atoms with van der Waals surface area (Å²) in [5.74, 6) is -0.763. The summed E-state index contributed by atoms with van der Waals surface area (Å²) >= 11 is 0. The molecule has 6 nitrogen and oxygen atoms in total. The largest absolute Gasteiger partial charge is 0.444 e. The van der Waals surface area contributed by atoms with E-state index in [2.05, 4.69) is 5.32 Å². The lowest BCUT2D eigenvalue weighted by Gasteiger charge is -2.20. The second-order valence-corrected chi connectivity index (χ2v) is 5.52. The predicted molar refractivity (Wildman–Crippen MR) is 77.9 cm³/mol. The summed E-state index contributed by atoms with van der Waals surface area (Å²) in [6.07, 6.45) is 1.87. The number of nitrogens with zero attached hydrogens (tertiary/aromatic N) is 1. The molecule has 1 aliphatic heterocycles. The molecule has 0 atom stereocenters. The van der Waals surface area contributed by atoms with E-state index in [9.17, 15) is 14.4 Å². The molecule has 1 aromatic rings. The molecule has 0 unspecified atom stereocenters. The first-order valence-electron chi connectivity index (χ1n) is 6.42. The zero-order valence-corrected chi connectivity index (χ0v) is 12.0. The molecule has 0 saturated carbocycles. The van der Waals surface area contributed by atoms with Gasteiger partial charge in [0.05, 0.1) is 5.69 Å². The summed E-state index contributed by atoms with van der Waals surface area (Å²) in [6, 6.07) is 6.35. The highest BCUT2D eigenvalue weighted by atomic mass is 16.6. The van der Waals surface area contributed by atoms with Crippen molar-refractivity contribution >= 4 is 29.3 Å². The Bertz CT molecular complexity index is 594. The zero-order chi connectivity index (χ0) is 15.6. The molecule has 21 heavy (non-hydrogen) atoms. The van der Waals surface area contributed by atoms with Gasteiger partial charge in [-0.25, -0.2) is 9.69 Å². The third kappa shape index (κ3) is 3.68. The van der Waals surface area contributed by atoms with Crippen molar-refractivity contribution in [2.24, 2.45) is 0 Å². The van der Waals surface area contributed by atoms with Crippen LogP contribution in [-0.2, 0) is 14.3 Å². The topological polar surface area (TPSA) is 75.7 Å². The second kappa shape index (κ2) is 5.40. The molecule has 0 saturated heterocycles. The summed E-state index contributed by atoms with van der Waals surface area (Å²) in [4.78, 5) is 35.7. The third-order valence-electron chi connectivity index (χ3n) is 2.58. The number of ether oxygens (including phenoxy) is 1. The van der Waals surface area contributed by atoms with Crippen LogP contribution in [0.2, 0.25) is 0 Å². The van der Waals surface area contributed by atoms with Crippen LogP contribution in [0.3, 0.4) is 0 Å². The number of amides is 3. The van der Waals surface area contributed by atoms with Crippen LogP contribution >= 0.6 is 0 Å². The fourth-order valence-electron chi connectivity index (χ4n) is 1.77. The van der Waals surface area contributed by atoms with Gasteiger partial charge in [0.25, 0.3) is 11.8 Å². The smallest absolute Gasteiger partial charge is 0.412 e. The van der Waals surface area contributed by atoms with Crippen molar-refractivity contribution in [2.45, 2.75) is 26.4 Å². The molecule has 2 rings (SSSR count). The minimum Gasteiger partial charge on any atom is -0.444 e. The molecule has 1 N–H and O–H groups in total. The Kier molecular flexibility index (Phi) is 3.80. The van der Waals surface area contributed by atoms with Gasteiger partial charge in [-0.1, -0.05) is 0 Å². The molecule has 1 heterocycles. The van der Waals surface area contributed by atoms with E-state index < -0.39 is 11.7 Å². The van der Waals surface area contributed by atoms with Crippen LogP contribution in [0.5, 0.6) is 0 Å². The standard InChI is InChI=1S/C15H16N2O4/c1-15(2,3)21-14(20)16-10-4-6-11(7-5-10)17-12(18)8-9-13(17)19/h4-9H,1-3H3,(H,16,20). The highest BCUT2D eigenvalue weighted by molar-refractivity contribution is 6.28. The maximum atomic E-state index is 11.6. The fourth-order valence-corrected chi connectivity index (χ4v) is 1.77. The van der Waals surface area contributed by atoms with Gasteiger partial charge in [-0.15, -0.1) is 0 Å². The number of carbonyl (C=O) groups excluding carboxylic acids is 3. The molecule has 0 radical (unpaired) electrons. The van der Waals surface area contributed by atoms with Gasteiger partial charge in [0.2, 0.25) is 0 Å². The van der Waals surface area contributed by atoms with Crippen molar-refractivity contribution in [1.29, 1.82) is 0 Å². The first-order chi connectivity index (χ1) is 9.76. The van der Waals surface area contributed by atoms with Crippen molar-refractivity contribution in [3.8, 4) is 0 Å². The molecule has 0 aliphatic carbocycles. The van der Waals surface area contributed by atoms with Gasteiger partial charge < -0.3 is 4.74 Å². The Morgan fingerprint density at radius 3 is 2.05 bits per heavy atom. The molecular formula is C15H16N2O4. The van der Waals surface area contributed by atoms with E-state index in [1.807, 2.05) is 0 Å². The number of hydrogen-bond donors (Lipinski definition) is 1. The minimum atomic E-state index is -0.579. The lowest BCUT2D eigenvalue weighted by molar-refractivity contribution is -0.119. The Morgan fingerprint density at radius 2 is 1.57 bits per heavy atom. The Hall–Kier alpha value is -2.63. The van der Waals surface area contributed by atoms with Crippen LogP contribution in [0, 0.1) is 0 Å². The number of carbonyl (C=O) groups is 3. The maximum absolute atomic E-state index is 11.6. The van der Waals surface area contributed by atoms with E-state index in [-0.39, 0.29) is 11.8 Å². The molecular weight excluding hydrogens is 272 g/mol. The van der Waals surface area contributed by atoms with E-state index >= 15 is 0 Å². The van der Waals surface area contributed by atoms with Crippen LogP contribution in [-0.4, -0.2) is 23.5 Å². The monoisotopic (exact) mass is 288 g/mol. The SMILES string of the molecule is CC(C)(C)OC(=O)Nc1ccc(N2C(=O)C=CC2=O)cc1. The molecule has 0 fully saturated rings. The van der Waals surface area contributed by atoms with Crippen LogP contribution in [0.25, 0.3) is 0 Å². The van der Waals surface area contributed by atoms with Gasteiger partial charge in [0, 0.05) is 17.8 Å². The number of benzene rings is 1. The van der Waals surface area contributed by atoms with E-state index in [4.69, 9.17) is 4.74 Å².